The molecule has 105 heavy (non-hydrogen) atoms. The first-order chi connectivity index (χ1) is 51.3. The average Bonchev–Trinajstić information content (AvgIpc) is 0.780. The van der Waals surface area contributed by atoms with Crippen molar-refractivity contribution < 1.29 is 89.4 Å². The van der Waals surface area contributed by atoms with Gasteiger partial charge in [0.1, 0.15) is 73.2 Å². The lowest BCUT2D eigenvalue weighted by molar-refractivity contribution is -0.379. The molecule has 17 atom stereocenters. The highest BCUT2D eigenvalue weighted by Crippen LogP contribution is 2.34. The van der Waals surface area contributed by atoms with Crippen LogP contribution in [0, 0.1) is 0 Å². The molecule has 1 amide bonds. The predicted molar refractivity (Wildman–Crippen MR) is 421 cm³/mol. The Hall–Kier alpha value is -1.21. The van der Waals surface area contributed by atoms with Gasteiger partial charge in [-0.05, 0) is 12.8 Å². The number of aliphatic hydroxyl groups is 11. The molecule has 12 N–H and O–H groups in total. The number of hydrogen-bond acceptors (Lipinski definition) is 18. The lowest BCUT2D eigenvalue weighted by Gasteiger charge is -2.48. The minimum atomic E-state index is -1.97. The average molecular weight is 1500 g/mol. The summed E-state index contributed by atoms with van der Waals surface area (Å²) in [5.74, 6) is -0.231. The standard InChI is InChI=1S/C86H167NO18/c1-3-5-7-9-11-13-15-17-19-21-23-25-27-28-29-30-31-32-33-34-35-36-37-38-39-40-41-42-44-46-48-50-52-54-56-58-60-62-64-74(92)87-69(70(91)63-61-59-57-55-53-51-49-47-45-43-26-24-22-20-18-16-14-12-10-8-6-4-2)68-100-84-80(98)77(95)82(72(66-89)102-84)105-86-81(99)78(96)83(73(67-90)103-86)104-85-79(97)76(94)75(93)71(65-88)101-85/h69-73,75-86,88-91,93-99H,3-68H2,1-2H3,(H,87,92). The van der Waals surface area contributed by atoms with Gasteiger partial charge in [-0.15, -0.1) is 0 Å². The number of ether oxygens (including phenoxy) is 6. The molecular weight excluding hydrogens is 1330 g/mol. The van der Waals surface area contributed by atoms with Gasteiger partial charge >= 0.3 is 0 Å². The van der Waals surface area contributed by atoms with E-state index in [9.17, 15) is 61.0 Å². The van der Waals surface area contributed by atoms with E-state index in [1.807, 2.05) is 0 Å². The summed E-state index contributed by atoms with van der Waals surface area (Å²) in [7, 11) is 0. The monoisotopic (exact) mass is 1500 g/mol. The van der Waals surface area contributed by atoms with Gasteiger partial charge in [-0.1, -0.05) is 393 Å². The second-order valence-electron chi connectivity index (χ2n) is 32.4. The Balaban J connectivity index is 1.29. The van der Waals surface area contributed by atoms with Crippen molar-refractivity contribution in [1.82, 2.24) is 5.32 Å². The molecule has 3 heterocycles. The molecule has 17 unspecified atom stereocenters. The van der Waals surface area contributed by atoms with Gasteiger partial charge in [-0.2, -0.15) is 0 Å². The summed E-state index contributed by atoms with van der Waals surface area (Å²) < 4.78 is 34.6. The summed E-state index contributed by atoms with van der Waals surface area (Å²) in [5, 5.41) is 121. The Bertz CT molecular complexity index is 1890. The number of hydrogen-bond donors (Lipinski definition) is 12. The smallest absolute Gasteiger partial charge is 0.220 e. The van der Waals surface area contributed by atoms with Crippen LogP contribution in [-0.2, 0) is 33.2 Å². The van der Waals surface area contributed by atoms with Crippen LogP contribution in [0.5, 0.6) is 0 Å². The molecule has 0 bridgehead atoms. The van der Waals surface area contributed by atoms with Gasteiger partial charge in [0, 0.05) is 6.42 Å². The van der Waals surface area contributed by atoms with Gasteiger partial charge in [0.05, 0.1) is 38.6 Å². The molecule has 3 saturated heterocycles. The molecule has 3 fully saturated rings. The van der Waals surface area contributed by atoms with Crippen molar-refractivity contribution in [2.24, 2.45) is 0 Å². The topological polar surface area (TPSA) is 307 Å². The number of carbonyl (C=O) groups excluding carboxylic acids is 1. The van der Waals surface area contributed by atoms with E-state index in [0.29, 0.717) is 12.8 Å². The quantitative estimate of drug-likeness (QED) is 0.0252. The van der Waals surface area contributed by atoms with E-state index >= 15 is 0 Å². The molecule has 0 radical (unpaired) electrons. The fourth-order valence-corrected chi connectivity index (χ4v) is 15.8. The molecule has 3 rings (SSSR count). The fourth-order valence-electron chi connectivity index (χ4n) is 15.8. The highest BCUT2D eigenvalue weighted by Gasteiger charge is 2.54. The van der Waals surface area contributed by atoms with E-state index in [2.05, 4.69) is 19.2 Å². The van der Waals surface area contributed by atoms with Crippen LogP contribution < -0.4 is 5.32 Å². The second-order valence-corrected chi connectivity index (χ2v) is 32.4. The third kappa shape index (κ3) is 46.5. The number of unbranched alkanes of at least 4 members (excludes halogenated alkanes) is 58. The van der Waals surface area contributed by atoms with Gasteiger partial charge < -0.3 is 89.9 Å². The molecular formula is C86H167NO18. The zero-order chi connectivity index (χ0) is 76.0. The normalized spacial score (nSPS) is 25.7. The molecule has 0 saturated carbocycles. The zero-order valence-corrected chi connectivity index (χ0v) is 67.3. The minimum absolute atomic E-state index is 0.231. The summed E-state index contributed by atoms with van der Waals surface area (Å²) in [4.78, 5) is 13.5. The van der Waals surface area contributed by atoms with Crippen LogP contribution >= 0.6 is 0 Å². The van der Waals surface area contributed by atoms with Crippen molar-refractivity contribution in [1.29, 1.82) is 0 Å². The fraction of sp³-hybridized carbons (Fsp3) is 0.988. The first-order valence-corrected chi connectivity index (χ1v) is 44.8. The van der Waals surface area contributed by atoms with Crippen LogP contribution in [0.3, 0.4) is 0 Å². The molecule has 0 spiro atoms. The van der Waals surface area contributed by atoms with Gasteiger partial charge in [-0.3, -0.25) is 4.79 Å². The van der Waals surface area contributed by atoms with Crippen LogP contribution in [0.2, 0.25) is 0 Å². The predicted octanol–water partition coefficient (Wildman–Crippen LogP) is 16.5. The number of amides is 1. The van der Waals surface area contributed by atoms with Crippen molar-refractivity contribution in [2.75, 3.05) is 26.4 Å². The van der Waals surface area contributed by atoms with Crippen molar-refractivity contribution in [3.8, 4) is 0 Å². The van der Waals surface area contributed by atoms with Crippen molar-refractivity contribution in [3.05, 3.63) is 0 Å². The van der Waals surface area contributed by atoms with E-state index in [4.69, 9.17) is 28.4 Å². The van der Waals surface area contributed by atoms with Gasteiger partial charge in [0.2, 0.25) is 5.91 Å². The largest absolute Gasteiger partial charge is 0.394 e. The van der Waals surface area contributed by atoms with Crippen molar-refractivity contribution in [2.45, 2.75) is 516 Å². The number of carbonyl (C=O) groups is 1. The highest BCUT2D eigenvalue weighted by atomic mass is 16.8. The summed E-state index contributed by atoms with van der Waals surface area (Å²) in [6, 6.07) is -0.884. The lowest BCUT2D eigenvalue weighted by Crippen LogP contribution is -2.66. The first kappa shape index (κ1) is 98.0. The van der Waals surface area contributed by atoms with Crippen LogP contribution in [0.25, 0.3) is 0 Å². The Morgan fingerprint density at radius 1 is 0.305 bits per heavy atom. The lowest BCUT2D eigenvalue weighted by atomic mass is 9.96. The maximum absolute atomic E-state index is 13.5. The molecule has 0 aliphatic carbocycles. The molecule has 3 aliphatic rings. The maximum atomic E-state index is 13.5. The van der Waals surface area contributed by atoms with Crippen LogP contribution in [-0.4, -0.2) is 193 Å². The molecule has 19 nitrogen and oxygen atoms in total. The van der Waals surface area contributed by atoms with Crippen LogP contribution in [0.15, 0.2) is 0 Å². The highest BCUT2D eigenvalue weighted by molar-refractivity contribution is 5.76. The Labute approximate surface area is 640 Å². The SMILES string of the molecule is CCCCCCCCCCCCCCCCCCCCCCCCCCCCCCCCCCCCCCCCC(=O)NC(COC1OC(CO)C(OC2OC(CO)C(OC3OC(CO)C(O)C(O)C3O)C(O)C2O)C(O)C1O)C(O)CCCCCCCCCCCCCCCCCCCCCCCC. The second kappa shape index (κ2) is 67.3. The van der Waals surface area contributed by atoms with Gasteiger partial charge in [0.15, 0.2) is 18.9 Å². The van der Waals surface area contributed by atoms with E-state index in [-0.39, 0.29) is 18.9 Å². The molecule has 0 aromatic rings. The minimum Gasteiger partial charge on any atom is -0.394 e. The van der Waals surface area contributed by atoms with Gasteiger partial charge in [0.25, 0.3) is 0 Å². The van der Waals surface area contributed by atoms with E-state index in [1.54, 1.807) is 0 Å². The molecule has 3 aliphatic heterocycles. The van der Waals surface area contributed by atoms with E-state index in [1.165, 1.54) is 334 Å². The summed E-state index contributed by atoms with van der Waals surface area (Å²) >= 11 is 0. The number of rotatable bonds is 74. The van der Waals surface area contributed by atoms with E-state index < -0.39 is 124 Å². The summed E-state index contributed by atoms with van der Waals surface area (Å²) in [5.41, 5.74) is 0. The van der Waals surface area contributed by atoms with Crippen molar-refractivity contribution >= 4 is 5.91 Å². The summed E-state index contributed by atoms with van der Waals surface area (Å²) in [6.45, 7) is 1.88. The Morgan fingerprint density at radius 2 is 0.543 bits per heavy atom. The van der Waals surface area contributed by atoms with Gasteiger partial charge in [-0.25, -0.2) is 0 Å². The number of nitrogens with one attached hydrogen (secondary N) is 1. The first-order valence-electron chi connectivity index (χ1n) is 44.8. The summed E-state index contributed by atoms with van der Waals surface area (Å²) in [6.07, 6.45) is 53.7. The Morgan fingerprint density at radius 3 is 0.829 bits per heavy atom. The van der Waals surface area contributed by atoms with Crippen LogP contribution in [0.4, 0.5) is 0 Å². The number of aliphatic hydroxyl groups excluding tert-OH is 11. The maximum Gasteiger partial charge on any atom is 0.220 e. The van der Waals surface area contributed by atoms with Crippen LogP contribution in [0.1, 0.15) is 412 Å². The third-order valence-corrected chi connectivity index (χ3v) is 22.9. The van der Waals surface area contributed by atoms with Crippen molar-refractivity contribution in [3.63, 3.8) is 0 Å². The molecule has 0 aromatic heterocycles. The molecule has 0 aromatic carbocycles. The zero-order valence-electron chi connectivity index (χ0n) is 67.3. The third-order valence-electron chi connectivity index (χ3n) is 22.9. The Kier molecular flexibility index (Phi) is 62.8. The molecule has 19 heteroatoms. The van der Waals surface area contributed by atoms with E-state index in [0.717, 1.165) is 44.9 Å². The molecule has 624 valence electrons.